The second-order valence-electron chi connectivity index (χ2n) is 5.78. The highest BCUT2D eigenvalue weighted by Crippen LogP contribution is 2.22. The highest BCUT2D eigenvalue weighted by Gasteiger charge is 2.20. The van der Waals surface area contributed by atoms with Crippen LogP contribution in [0.25, 0.3) is 0 Å². The largest absolute Gasteiger partial charge is 0.452 e. The van der Waals surface area contributed by atoms with Crippen LogP contribution in [0.2, 0.25) is 0 Å². The number of hydrogen-bond acceptors (Lipinski definition) is 6. The van der Waals surface area contributed by atoms with Crippen molar-refractivity contribution >= 4 is 43.5 Å². The van der Waals surface area contributed by atoms with Crippen molar-refractivity contribution < 1.29 is 22.7 Å². The van der Waals surface area contributed by atoms with E-state index in [1.54, 1.807) is 19.1 Å². The van der Waals surface area contributed by atoms with Crippen LogP contribution in [0.1, 0.15) is 15.9 Å². The Morgan fingerprint density at radius 2 is 1.93 bits per heavy atom. The second-order valence-corrected chi connectivity index (χ2v) is 8.82. The van der Waals surface area contributed by atoms with Crippen LogP contribution in [0.15, 0.2) is 46.0 Å². The summed E-state index contributed by atoms with van der Waals surface area (Å²) >= 11 is 3.19. The summed E-state index contributed by atoms with van der Waals surface area (Å²) in [4.78, 5) is 27.9. The molecule has 0 spiro atoms. The number of carbonyl (C=O) groups is 2. The zero-order valence-electron chi connectivity index (χ0n) is 14.9. The summed E-state index contributed by atoms with van der Waals surface area (Å²) in [7, 11) is -0.793. The van der Waals surface area contributed by atoms with Crippen molar-refractivity contribution in [2.75, 3.05) is 26.0 Å². The Bertz CT molecular complexity index is 976. The number of nitrogens with zero attached hydrogens (tertiary/aromatic N) is 2. The Morgan fingerprint density at radius 1 is 1.22 bits per heavy atom. The number of benzene rings is 1. The van der Waals surface area contributed by atoms with E-state index in [4.69, 9.17) is 4.74 Å². The van der Waals surface area contributed by atoms with E-state index >= 15 is 0 Å². The summed E-state index contributed by atoms with van der Waals surface area (Å²) in [6.07, 6.45) is 2.84. The number of amides is 1. The molecule has 1 aromatic heterocycles. The molecule has 8 nitrogen and oxygen atoms in total. The summed E-state index contributed by atoms with van der Waals surface area (Å²) < 4.78 is 31.3. The fourth-order valence-corrected chi connectivity index (χ4v) is 3.60. The Balaban J connectivity index is 2.05. The van der Waals surface area contributed by atoms with Gasteiger partial charge < -0.3 is 10.1 Å². The SMILES string of the molecule is Cc1ccc(NC(=O)COC(=O)c2cncc(Br)c2)cc1S(=O)(=O)N(C)C. The minimum Gasteiger partial charge on any atom is -0.452 e. The quantitative estimate of drug-likeness (QED) is 0.669. The minimum atomic E-state index is -3.65. The average Bonchev–Trinajstić information content (AvgIpc) is 2.61. The fourth-order valence-electron chi connectivity index (χ4n) is 2.09. The number of pyridine rings is 1. The summed E-state index contributed by atoms with van der Waals surface area (Å²) in [5.41, 5.74) is 1.04. The van der Waals surface area contributed by atoms with Crippen molar-refractivity contribution in [1.29, 1.82) is 0 Å². The lowest BCUT2D eigenvalue weighted by atomic mass is 10.2. The third kappa shape index (κ3) is 5.34. The second kappa shape index (κ2) is 8.59. The predicted molar refractivity (Wildman–Crippen MR) is 103 cm³/mol. The van der Waals surface area contributed by atoms with Crippen molar-refractivity contribution in [2.24, 2.45) is 0 Å². The molecule has 0 atom stereocenters. The van der Waals surface area contributed by atoms with Gasteiger partial charge in [-0.25, -0.2) is 17.5 Å². The molecule has 0 bridgehead atoms. The van der Waals surface area contributed by atoms with Gasteiger partial charge in [0.1, 0.15) is 0 Å². The van der Waals surface area contributed by atoms with E-state index in [1.807, 2.05) is 0 Å². The molecular weight excluding hydrogens is 438 g/mol. The van der Waals surface area contributed by atoms with Gasteiger partial charge in [-0.2, -0.15) is 0 Å². The number of sulfonamides is 1. The average molecular weight is 456 g/mol. The number of esters is 1. The molecule has 0 aliphatic carbocycles. The topological polar surface area (TPSA) is 106 Å². The van der Waals surface area contributed by atoms with Crippen molar-refractivity contribution in [1.82, 2.24) is 9.29 Å². The van der Waals surface area contributed by atoms with Gasteiger partial charge in [0.25, 0.3) is 5.91 Å². The maximum atomic E-state index is 12.3. The first kappa shape index (κ1) is 21.0. The lowest BCUT2D eigenvalue weighted by Gasteiger charge is -2.15. The molecular formula is C17H18BrN3O5S. The van der Waals surface area contributed by atoms with Gasteiger partial charge in [-0.1, -0.05) is 6.07 Å². The smallest absolute Gasteiger partial charge is 0.340 e. The number of carbonyl (C=O) groups excluding carboxylic acids is 2. The predicted octanol–water partition coefficient (Wildman–Crippen LogP) is 2.20. The molecule has 0 fully saturated rings. The molecule has 2 aromatic rings. The van der Waals surface area contributed by atoms with E-state index in [-0.39, 0.29) is 16.1 Å². The molecule has 1 N–H and O–H groups in total. The first-order chi connectivity index (χ1) is 12.6. The number of halogens is 1. The number of rotatable bonds is 6. The lowest BCUT2D eigenvalue weighted by Crippen LogP contribution is -2.24. The van der Waals surface area contributed by atoms with Crippen LogP contribution in [0.5, 0.6) is 0 Å². The number of nitrogens with one attached hydrogen (secondary N) is 1. The molecule has 0 aliphatic rings. The van der Waals surface area contributed by atoms with Crippen molar-refractivity contribution in [3.05, 3.63) is 52.3 Å². The molecule has 1 heterocycles. The fraction of sp³-hybridized carbons (Fsp3) is 0.235. The molecule has 1 aromatic carbocycles. The Kier molecular flexibility index (Phi) is 6.68. The normalized spacial score (nSPS) is 11.3. The van der Waals surface area contributed by atoms with Crippen LogP contribution in [0, 0.1) is 6.92 Å². The molecule has 0 saturated carbocycles. The molecule has 0 radical (unpaired) electrons. The molecule has 0 unspecified atom stereocenters. The number of anilines is 1. The van der Waals surface area contributed by atoms with Gasteiger partial charge in [0.05, 0.1) is 10.5 Å². The third-order valence-corrected chi connectivity index (χ3v) is 5.90. The van der Waals surface area contributed by atoms with Gasteiger partial charge >= 0.3 is 5.97 Å². The number of aryl methyl sites for hydroxylation is 1. The maximum absolute atomic E-state index is 12.3. The zero-order chi connectivity index (χ0) is 20.2. The van der Waals surface area contributed by atoms with Gasteiger partial charge in [0.15, 0.2) is 6.61 Å². The number of ether oxygens (including phenoxy) is 1. The van der Waals surface area contributed by atoms with Gasteiger partial charge in [-0.05, 0) is 46.6 Å². The molecule has 144 valence electrons. The van der Waals surface area contributed by atoms with E-state index in [0.717, 1.165) is 4.31 Å². The summed E-state index contributed by atoms with van der Waals surface area (Å²) in [5, 5.41) is 2.51. The molecule has 2 rings (SSSR count). The molecule has 27 heavy (non-hydrogen) atoms. The minimum absolute atomic E-state index is 0.0857. The van der Waals surface area contributed by atoms with Gasteiger partial charge in [-0.15, -0.1) is 0 Å². The Labute approximate surface area is 165 Å². The van der Waals surface area contributed by atoms with Crippen LogP contribution in [0.4, 0.5) is 5.69 Å². The van der Waals surface area contributed by atoms with Crippen LogP contribution < -0.4 is 5.32 Å². The van der Waals surface area contributed by atoms with E-state index in [9.17, 15) is 18.0 Å². The maximum Gasteiger partial charge on any atom is 0.340 e. The van der Waals surface area contributed by atoms with Crippen LogP contribution in [-0.2, 0) is 19.6 Å². The van der Waals surface area contributed by atoms with Crippen molar-refractivity contribution in [3.8, 4) is 0 Å². The highest BCUT2D eigenvalue weighted by molar-refractivity contribution is 9.10. The highest BCUT2D eigenvalue weighted by atomic mass is 79.9. The molecule has 0 saturated heterocycles. The van der Waals surface area contributed by atoms with E-state index in [0.29, 0.717) is 10.0 Å². The van der Waals surface area contributed by atoms with Gasteiger partial charge in [0.2, 0.25) is 10.0 Å². The van der Waals surface area contributed by atoms with Gasteiger partial charge in [0, 0.05) is 36.6 Å². The first-order valence-electron chi connectivity index (χ1n) is 7.72. The van der Waals surface area contributed by atoms with Gasteiger partial charge in [-0.3, -0.25) is 9.78 Å². The monoisotopic (exact) mass is 455 g/mol. The summed E-state index contributed by atoms with van der Waals surface area (Å²) in [5.74, 6) is -1.29. The first-order valence-corrected chi connectivity index (χ1v) is 9.95. The van der Waals surface area contributed by atoms with E-state index < -0.39 is 28.5 Å². The summed E-state index contributed by atoms with van der Waals surface area (Å²) in [6.45, 7) is 1.14. The van der Waals surface area contributed by atoms with Crippen LogP contribution >= 0.6 is 15.9 Å². The molecule has 1 amide bonds. The van der Waals surface area contributed by atoms with E-state index in [1.165, 1.54) is 38.6 Å². The van der Waals surface area contributed by atoms with Crippen molar-refractivity contribution in [3.63, 3.8) is 0 Å². The standard InChI is InChI=1S/C17H18BrN3O5S/c1-11-4-5-14(7-15(11)27(24,25)21(2)3)20-16(22)10-26-17(23)12-6-13(18)9-19-8-12/h4-9H,10H2,1-3H3,(H,20,22). The van der Waals surface area contributed by atoms with Crippen LogP contribution in [-0.4, -0.2) is 50.3 Å². The number of hydrogen-bond donors (Lipinski definition) is 1. The van der Waals surface area contributed by atoms with Crippen molar-refractivity contribution in [2.45, 2.75) is 11.8 Å². The zero-order valence-corrected chi connectivity index (χ0v) is 17.3. The third-order valence-electron chi connectivity index (χ3n) is 3.51. The number of aromatic nitrogens is 1. The molecule has 0 aliphatic heterocycles. The van der Waals surface area contributed by atoms with E-state index in [2.05, 4.69) is 26.2 Å². The Morgan fingerprint density at radius 3 is 2.56 bits per heavy atom. The van der Waals surface area contributed by atoms with Crippen LogP contribution in [0.3, 0.4) is 0 Å². The Hall–Kier alpha value is -2.30. The lowest BCUT2D eigenvalue weighted by molar-refractivity contribution is -0.119. The summed E-state index contributed by atoms with van der Waals surface area (Å²) in [6, 6.07) is 6.04. The molecule has 10 heteroatoms.